The number of hydrogen-bond acceptors (Lipinski definition) is 2. The molecule has 0 saturated heterocycles. The topological polar surface area (TPSA) is 58.2 Å². The molecule has 1 aliphatic heterocycles. The van der Waals surface area contributed by atoms with Crippen LogP contribution < -0.4 is 10.6 Å². The highest BCUT2D eigenvalue weighted by Crippen LogP contribution is 2.63. The van der Waals surface area contributed by atoms with Crippen LogP contribution in [0.2, 0.25) is 0 Å². The fourth-order valence-corrected chi connectivity index (χ4v) is 7.01. The van der Waals surface area contributed by atoms with E-state index in [1.807, 2.05) is 6.08 Å². The Balaban J connectivity index is 1.65. The number of fused-ring (bicyclic) bond motifs is 5. The molecule has 4 rings (SSSR count). The van der Waals surface area contributed by atoms with Gasteiger partial charge in [-0.3, -0.25) is 9.59 Å². The molecule has 156 valence electrons. The summed E-state index contributed by atoms with van der Waals surface area (Å²) in [4.78, 5) is 25.5. The van der Waals surface area contributed by atoms with Gasteiger partial charge in [0.05, 0.1) is 5.54 Å². The average molecular weight is 391 g/mol. The molecular formula is C23H35FN2O2. The highest BCUT2D eigenvalue weighted by Gasteiger charge is 2.58. The summed E-state index contributed by atoms with van der Waals surface area (Å²) in [5.41, 5.74) is -0.521. The zero-order valence-corrected chi connectivity index (χ0v) is 17.7. The second-order valence-electron chi connectivity index (χ2n) is 11.0. The first-order chi connectivity index (χ1) is 13.1. The molecule has 0 bridgehead atoms. The van der Waals surface area contributed by atoms with Crippen molar-refractivity contribution in [3.05, 3.63) is 11.6 Å². The first-order valence-electron chi connectivity index (χ1n) is 11.0. The van der Waals surface area contributed by atoms with Gasteiger partial charge in [0.2, 0.25) is 0 Å². The fourth-order valence-electron chi connectivity index (χ4n) is 7.01. The van der Waals surface area contributed by atoms with E-state index < -0.39 is 18.1 Å². The molecule has 1 unspecified atom stereocenters. The van der Waals surface area contributed by atoms with Gasteiger partial charge >= 0.3 is 0 Å². The Morgan fingerprint density at radius 3 is 2.68 bits per heavy atom. The van der Waals surface area contributed by atoms with E-state index >= 15 is 0 Å². The highest BCUT2D eigenvalue weighted by molar-refractivity contribution is 6.19. The number of rotatable bonds is 3. The Kier molecular flexibility index (Phi) is 4.67. The van der Waals surface area contributed by atoms with Gasteiger partial charge in [-0.2, -0.15) is 0 Å². The normalized spacial score (nSPS) is 42.6. The van der Waals surface area contributed by atoms with E-state index in [-0.39, 0.29) is 22.9 Å². The van der Waals surface area contributed by atoms with Crippen LogP contribution in [0.15, 0.2) is 11.6 Å². The van der Waals surface area contributed by atoms with E-state index in [4.69, 9.17) is 0 Å². The van der Waals surface area contributed by atoms with Crippen molar-refractivity contribution in [1.29, 1.82) is 0 Å². The molecule has 2 amide bonds. The molecule has 1 heterocycles. The van der Waals surface area contributed by atoms with Gasteiger partial charge in [0.1, 0.15) is 12.2 Å². The summed E-state index contributed by atoms with van der Waals surface area (Å²) in [6.45, 7) is 7.31. The van der Waals surface area contributed by atoms with Crippen molar-refractivity contribution in [3.8, 4) is 0 Å². The van der Waals surface area contributed by atoms with E-state index in [0.717, 1.165) is 12.3 Å². The van der Waals surface area contributed by atoms with Crippen LogP contribution in [-0.4, -0.2) is 30.1 Å². The van der Waals surface area contributed by atoms with Crippen molar-refractivity contribution in [2.24, 2.45) is 28.6 Å². The van der Waals surface area contributed by atoms with Crippen LogP contribution in [0.4, 0.5) is 4.39 Å². The van der Waals surface area contributed by atoms with E-state index in [0.29, 0.717) is 17.3 Å². The van der Waals surface area contributed by atoms with Crippen molar-refractivity contribution in [1.82, 2.24) is 10.6 Å². The van der Waals surface area contributed by atoms with Gasteiger partial charge in [-0.1, -0.05) is 26.3 Å². The van der Waals surface area contributed by atoms with Gasteiger partial charge in [0.25, 0.3) is 11.8 Å². The van der Waals surface area contributed by atoms with E-state index in [2.05, 4.69) is 24.5 Å². The van der Waals surface area contributed by atoms with E-state index in [1.165, 1.54) is 38.5 Å². The number of amides is 2. The van der Waals surface area contributed by atoms with Gasteiger partial charge < -0.3 is 10.6 Å². The van der Waals surface area contributed by atoms with Crippen LogP contribution >= 0.6 is 0 Å². The van der Waals surface area contributed by atoms with E-state index in [9.17, 15) is 14.0 Å². The third-order valence-corrected chi connectivity index (χ3v) is 8.59. The minimum absolute atomic E-state index is 0.0951. The van der Waals surface area contributed by atoms with Crippen LogP contribution in [0.25, 0.3) is 0 Å². The van der Waals surface area contributed by atoms with Crippen molar-refractivity contribution < 1.29 is 14.0 Å². The van der Waals surface area contributed by atoms with Gasteiger partial charge in [-0.15, -0.1) is 0 Å². The van der Waals surface area contributed by atoms with E-state index in [1.54, 1.807) is 13.8 Å². The molecular weight excluding hydrogens is 355 g/mol. The van der Waals surface area contributed by atoms with Crippen LogP contribution in [-0.2, 0) is 9.59 Å². The Hall–Kier alpha value is -1.39. The van der Waals surface area contributed by atoms with Crippen LogP contribution in [0.3, 0.4) is 0 Å². The quantitative estimate of drug-likeness (QED) is 0.718. The Labute approximate surface area is 168 Å². The number of halogens is 1. The molecule has 3 saturated carbocycles. The molecule has 0 aromatic heterocycles. The number of nitrogens with one attached hydrogen (secondary N) is 2. The maximum atomic E-state index is 13.2. The SMILES string of the molecule is CC(C)(CF)NC(=O)C1=C[C@@]2(C)C(CC[C@@H]3[C@H]2CC[C@]2(C)CCC[C@@H]32)NC1=O. The highest BCUT2D eigenvalue weighted by atomic mass is 19.1. The second-order valence-corrected chi connectivity index (χ2v) is 11.0. The van der Waals surface area contributed by atoms with Crippen molar-refractivity contribution in [2.45, 2.75) is 84.2 Å². The Morgan fingerprint density at radius 1 is 1.21 bits per heavy atom. The van der Waals surface area contributed by atoms with Gasteiger partial charge in [0, 0.05) is 11.5 Å². The molecule has 2 N–H and O–H groups in total. The van der Waals surface area contributed by atoms with Crippen molar-refractivity contribution in [3.63, 3.8) is 0 Å². The maximum Gasteiger partial charge on any atom is 0.257 e. The summed E-state index contributed by atoms with van der Waals surface area (Å²) >= 11 is 0. The Morgan fingerprint density at radius 2 is 1.96 bits per heavy atom. The van der Waals surface area contributed by atoms with Crippen LogP contribution in [0, 0.1) is 28.6 Å². The molecule has 28 heavy (non-hydrogen) atoms. The molecule has 0 aromatic rings. The first kappa shape index (κ1) is 19.9. The minimum atomic E-state index is -0.971. The molecule has 3 aliphatic carbocycles. The summed E-state index contributed by atoms with van der Waals surface area (Å²) < 4.78 is 13.2. The predicted octanol–water partition coefficient (Wildman–Crippen LogP) is 3.91. The van der Waals surface area contributed by atoms with Crippen LogP contribution in [0.5, 0.6) is 0 Å². The standard InChI is InChI=1S/C23H35FN2O2/c1-21(2,13-24)26-20(28)15-12-23(4)17-9-11-22(3)10-5-6-16(22)14(17)7-8-18(23)25-19(15)27/h12,14,16-18H,5-11,13H2,1-4H3,(H,25,27)(H,26,28)/t14-,16-,17+,18?,22-,23+/m0/s1. The Bertz CT molecular complexity index is 717. The number of hydrogen-bond donors (Lipinski definition) is 2. The third kappa shape index (κ3) is 3.00. The number of alkyl halides is 1. The largest absolute Gasteiger partial charge is 0.348 e. The summed E-state index contributed by atoms with van der Waals surface area (Å²) in [6, 6.07) is 0.0951. The summed E-state index contributed by atoms with van der Waals surface area (Å²) in [5, 5.41) is 5.82. The molecule has 3 fully saturated rings. The van der Waals surface area contributed by atoms with Crippen LogP contribution in [0.1, 0.15) is 72.6 Å². The van der Waals surface area contributed by atoms with Gasteiger partial charge in [0.15, 0.2) is 0 Å². The lowest BCUT2D eigenvalue weighted by molar-refractivity contribution is -0.128. The van der Waals surface area contributed by atoms with Crippen molar-refractivity contribution in [2.75, 3.05) is 6.67 Å². The van der Waals surface area contributed by atoms with Gasteiger partial charge in [-0.25, -0.2) is 4.39 Å². The second kappa shape index (κ2) is 6.56. The van der Waals surface area contributed by atoms with Crippen molar-refractivity contribution >= 4 is 11.8 Å². The number of carbonyl (C=O) groups excluding carboxylic acids is 2. The lowest BCUT2D eigenvalue weighted by Gasteiger charge is -2.58. The van der Waals surface area contributed by atoms with Gasteiger partial charge in [-0.05, 0) is 75.5 Å². The molecule has 5 heteroatoms. The lowest BCUT2D eigenvalue weighted by Crippen LogP contribution is -2.61. The molecule has 0 aromatic carbocycles. The monoisotopic (exact) mass is 390 g/mol. The molecule has 0 radical (unpaired) electrons. The molecule has 0 spiro atoms. The minimum Gasteiger partial charge on any atom is -0.348 e. The summed E-state index contributed by atoms with van der Waals surface area (Å²) in [7, 11) is 0. The smallest absolute Gasteiger partial charge is 0.257 e. The summed E-state index contributed by atoms with van der Waals surface area (Å²) in [6.07, 6.45) is 10.5. The third-order valence-electron chi connectivity index (χ3n) is 8.59. The zero-order valence-electron chi connectivity index (χ0n) is 17.7. The molecule has 6 atom stereocenters. The maximum absolute atomic E-state index is 13.2. The number of carbonyl (C=O) groups is 2. The molecule has 4 aliphatic rings. The first-order valence-corrected chi connectivity index (χ1v) is 11.0. The average Bonchev–Trinajstić information content (AvgIpc) is 3.03. The lowest BCUT2D eigenvalue weighted by atomic mass is 9.48. The predicted molar refractivity (Wildman–Crippen MR) is 107 cm³/mol. The molecule has 4 nitrogen and oxygen atoms in total. The fraction of sp³-hybridized carbons (Fsp3) is 0.826. The summed E-state index contributed by atoms with van der Waals surface area (Å²) in [5.74, 6) is 1.19. The zero-order chi connectivity index (χ0) is 20.3.